The largest absolute Gasteiger partial charge is 0.372 e. The number of amides is 8. The van der Waals surface area contributed by atoms with Gasteiger partial charge < -0.3 is 19.3 Å². The molecule has 4 N–H and O–H groups in total. The molecule has 6 aliphatic heterocycles. The first kappa shape index (κ1) is 41.7. The maximum Gasteiger partial charge on any atom is 0.328 e. The number of benzene rings is 4. The number of morpholine rings is 2. The van der Waals surface area contributed by atoms with Crippen LogP contribution < -0.4 is 31.1 Å². The van der Waals surface area contributed by atoms with Crippen LogP contribution in [0.2, 0.25) is 0 Å². The van der Waals surface area contributed by atoms with E-state index in [1.165, 1.54) is 18.2 Å². The van der Waals surface area contributed by atoms with Gasteiger partial charge in [-0.25, -0.2) is 22.8 Å². The summed E-state index contributed by atoms with van der Waals surface area (Å²) >= 11 is 0. The fourth-order valence-corrected chi connectivity index (χ4v) is 10.6. The molecule has 0 aromatic heterocycles. The topological polar surface area (TPSA) is 175 Å². The Bertz CT molecular complexity index is 2600. The van der Waals surface area contributed by atoms with Crippen molar-refractivity contribution in [3.8, 4) is 22.3 Å². The zero-order chi connectivity index (χ0) is 44.7. The Hall–Kier alpha value is -6.59. The van der Waals surface area contributed by atoms with Gasteiger partial charge in [0.2, 0.25) is 23.6 Å². The Labute approximate surface area is 359 Å². The summed E-state index contributed by atoms with van der Waals surface area (Å²) in [4.78, 5) is 80.2. The molecule has 17 heteroatoms. The van der Waals surface area contributed by atoms with Crippen molar-refractivity contribution in [2.24, 2.45) is 10.8 Å². The Morgan fingerprint density at radius 3 is 1.40 bits per heavy atom. The molecule has 10 rings (SSSR count). The number of carbonyl (C=O) groups excluding carboxylic acids is 6. The lowest BCUT2D eigenvalue weighted by molar-refractivity contribution is -0.154. The maximum absolute atomic E-state index is 14.4. The predicted octanol–water partition coefficient (Wildman–Crippen LogP) is 4.91. The van der Waals surface area contributed by atoms with Crippen LogP contribution in [0.1, 0.15) is 38.8 Å². The fourth-order valence-electron chi connectivity index (χ4n) is 10.6. The normalized spacial score (nSPS) is 26.5. The summed E-state index contributed by atoms with van der Waals surface area (Å²) < 4.78 is 54.2. The summed E-state index contributed by atoms with van der Waals surface area (Å²) in [5.41, 5.74) is 1.78. The highest BCUT2D eigenvalue weighted by Crippen LogP contribution is 2.49. The van der Waals surface area contributed by atoms with Crippen molar-refractivity contribution in [3.63, 3.8) is 0 Å². The van der Waals surface area contributed by atoms with Crippen LogP contribution in [-0.2, 0) is 41.5 Å². The van der Waals surface area contributed by atoms with Gasteiger partial charge in [-0.3, -0.25) is 40.4 Å². The molecule has 326 valence electrons. The quantitative estimate of drug-likeness (QED) is 0.203. The highest BCUT2D eigenvalue weighted by atomic mass is 19.1. The molecule has 4 aromatic rings. The van der Waals surface area contributed by atoms with Crippen molar-refractivity contribution in [2.45, 2.75) is 77.0 Å². The fraction of sp³-hybridized carbons (Fsp3) is 0.348. The lowest BCUT2D eigenvalue weighted by Gasteiger charge is -2.55. The van der Waals surface area contributed by atoms with Gasteiger partial charge in [-0.1, -0.05) is 30.3 Å². The van der Waals surface area contributed by atoms with E-state index in [4.69, 9.17) is 9.47 Å². The van der Waals surface area contributed by atoms with Gasteiger partial charge in [0.05, 0.1) is 36.5 Å². The molecule has 4 saturated heterocycles. The number of nitrogens with one attached hydrogen (secondary N) is 4. The molecule has 63 heavy (non-hydrogen) atoms. The number of hydrogen-bond donors (Lipinski definition) is 4. The molecule has 6 aliphatic rings. The van der Waals surface area contributed by atoms with E-state index in [0.29, 0.717) is 35.3 Å². The third kappa shape index (κ3) is 6.72. The molecule has 2 spiro atoms. The minimum atomic E-state index is -1.60. The summed E-state index contributed by atoms with van der Waals surface area (Å²) in [6.45, 7) is 8.40. The van der Waals surface area contributed by atoms with Gasteiger partial charge in [-0.05, 0) is 105 Å². The molecule has 0 bridgehead atoms. The number of rotatable bonds is 2. The van der Waals surface area contributed by atoms with E-state index < -0.39 is 82.4 Å². The van der Waals surface area contributed by atoms with Gasteiger partial charge in [0.15, 0.2) is 10.8 Å². The van der Waals surface area contributed by atoms with Crippen LogP contribution in [-0.4, -0.2) is 85.3 Å². The van der Waals surface area contributed by atoms with Crippen molar-refractivity contribution >= 4 is 47.1 Å². The second-order valence-electron chi connectivity index (χ2n) is 17.1. The molecule has 4 aromatic carbocycles. The van der Waals surface area contributed by atoms with Gasteiger partial charge in [0.1, 0.15) is 17.5 Å². The average Bonchev–Trinajstić information content (AvgIpc) is 3.21. The number of ether oxygens (including phenoxy) is 2. The summed E-state index contributed by atoms with van der Waals surface area (Å²) in [7, 11) is 0. The van der Waals surface area contributed by atoms with E-state index in [-0.39, 0.29) is 36.4 Å². The number of barbiturate groups is 2. The predicted molar refractivity (Wildman–Crippen MR) is 222 cm³/mol. The SMILES string of the molecule is C[C@@H]1CN2c3ccc(-c4ccc(F)cc4F)cc3CC3(C(=O)NC(=O)NC3=O)[C@H]2[C@H](C)O1.C[C@@H]1CN2c3ccc(-c4ccccc4F)cc3CC3(C(=O)NC(=O)NC3=O)[C@H]2[C@H](C)O1. The van der Waals surface area contributed by atoms with Crippen LogP contribution >= 0.6 is 0 Å². The lowest BCUT2D eigenvalue weighted by atomic mass is 9.66. The standard InChI is InChI=1S/C23H21F2N3O4.C23H22FN3O4/c1-11-10-28-18-6-3-13(16-5-4-15(24)8-17(16)25)7-14(18)9-23(19(28)12(2)32-11)20(29)26-22(31)27-21(23)30;1-12-11-27-18-8-7-14(16-5-3-4-6-17(16)24)9-15(18)10-23(19(27)13(2)31-12)20(28)25-22(30)26-21(23)29/h3-8,11-12,19H,9-10H2,1-2H3,(H2,26,27,29,30,31);3-9,12-13,19H,10-11H2,1-2H3,(H2,25,26,28,29,30)/t11-,12+,19-;12-,13+,19-/m11/s1. The third-order valence-corrected chi connectivity index (χ3v) is 13.0. The first-order valence-electron chi connectivity index (χ1n) is 20.7. The Morgan fingerprint density at radius 1 is 0.540 bits per heavy atom. The summed E-state index contributed by atoms with van der Waals surface area (Å²) in [6.07, 6.45) is -1.07. The number of nitrogens with zero attached hydrogens (tertiary/aromatic N) is 2. The zero-order valence-corrected chi connectivity index (χ0v) is 34.6. The van der Waals surface area contributed by atoms with Crippen LogP contribution in [0.25, 0.3) is 22.3 Å². The molecule has 0 saturated carbocycles. The summed E-state index contributed by atoms with van der Waals surface area (Å²) in [5, 5.41) is 9.01. The van der Waals surface area contributed by atoms with Gasteiger partial charge >= 0.3 is 12.1 Å². The molecular formula is C46H43F3N6O8. The number of hydrogen-bond acceptors (Lipinski definition) is 10. The number of imide groups is 4. The monoisotopic (exact) mass is 864 g/mol. The van der Waals surface area contributed by atoms with E-state index in [9.17, 15) is 41.9 Å². The number of fused-ring (bicyclic) bond motifs is 8. The van der Waals surface area contributed by atoms with E-state index in [1.807, 2.05) is 54.8 Å². The molecular weight excluding hydrogens is 822 g/mol. The second-order valence-corrected chi connectivity index (χ2v) is 17.1. The minimum Gasteiger partial charge on any atom is -0.372 e. The van der Waals surface area contributed by atoms with Crippen LogP contribution in [0.5, 0.6) is 0 Å². The first-order chi connectivity index (χ1) is 30.0. The lowest BCUT2D eigenvalue weighted by Crippen LogP contribution is -2.75. The van der Waals surface area contributed by atoms with Crippen LogP contribution in [0.3, 0.4) is 0 Å². The molecule has 0 radical (unpaired) electrons. The second kappa shape index (κ2) is 15.3. The number of urea groups is 2. The van der Waals surface area contributed by atoms with Crippen LogP contribution in [0.4, 0.5) is 34.1 Å². The molecule has 0 unspecified atom stereocenters. The Morgan fingerprint density at radius 2 is 0.968 bits per heavy atom. The number of halogens is 3. The van der Waals surface area contributed by atoms with Crippen molar-refractivity contribution in [1.29, 1.82) is 0 Å². The molecule has 6 atom stereocenters. The van der Waals surface area contributed by atoms with Crippen molar-refractivity contribution in [3.05, 3.63) is 107 Å². The van der Waals surface area contributed by atoms with E-state index in [2.05, 4.69) is 21.3 Å². The van der Waals surface area contributed by atoms with Crippen LogP contribution in [0.15, 0.2) is 78.9 Å². The van der Waals surface area contributed by atoms with Crippen LogP contribution in [0, 0.1) is 28.3 Å². The van der Waals surface area contributed by atoms with Crippen molar-refractivity contribution in [2.75, 3.05) is 22.9 Å². The van der Waals surface area contributed by atoms with Crippen molar-refractivity contribution < 1.29 is 51.4 Å². The maximum atomic E-state index is 14.4. The number of anilines is 2. The summed E-state index contributed by atoms with van der Waals surface area (Å²) in [6, 6.07) is 17.8. The highest BCUT2D eigenvalue weighted by molar-refractivity contribution is 6.21. The summed E-state index contributed by atoms with van der Waals surface area (Å²) in [5.74, 6) is -4.38. The van der Waals surface area contributed by atoms with Gasteiger partial charge in [-0.2, -0.15) is 0 Å². The van der Waals surface area contributed by atoms with Gasteiger partial charge in [-0.15, -0.1) is 0 Å². The van der Waals surface area contributed by atoms with E-state index >= 15 is 0 Å². The number of carbonyl (C=O) groups is 6. The molecule has 4 fully saturated rings. The molecule has 6 heterocycles. The Kier molecular flexibility index (Phi) is 10.2. The molecule has 0 aliphatic carbocycles. The Balaban J connectivity index is 0.000000160. The smallest absolute Gasteiger partial charge is 0.328 e. The van der Waals surface area contributed by atoms with E-state index in [1.54, 1.807) is 37.3 Å². The zero-order valence-electron chi connectivity index (χ0n) is 34.6. The highest BCUT2D eigenvalue weighted by Gasteiger charge is 2.64. The third-order valence-electron chi connectivity index (χ3n) is 13.0. The molecule has 8 amide bonds. The van der Waals surface area contributed by atoms with E-state index in [0.717, 1.165) is 23.0 Å². The van der Waals surface area contributed by atoms with Gasteiger partial charge in [0, 0.05) is 41.7 Å². The van der Waals surface area contributed by atoms with Gasteiger partial charge in [0.25, 0.3) is 0 Å². The minimum absolute atomic E-state index is 0.00712. The molecule has 14 nitrogen and oxygen atoms in total. The first-order valence-corrected chi connectivity index (χ1v) is 20.7. The van der Waals surface area contributed by atoms with Crippen molar-refractivity contribution in [1.82, 2.24) is 21.3 Å². The average molecular weight is 865 g/mol.